The SMILES string of the molecule is Cc1nc(NC(=O)c2cc(Cl)cc([N+](=O)[O-])c2)n[nH]1. The number of nitro benzene ring substituents is 1. The largest absolute Gasteiger partial charge is 0.289 e. The summed E-state index contributed by atoms with van der Waals surface area (Å²) in [5.41, 5.74) is -0.203. The molecule has 98 valence electrons. The number of halogens is 1. The van der Waals surface area contributed by atoms with Gasteiger partial charge in [0.05, 0.1) is 4.92 Å². The van der Waals surface area contributed by atoms with Crippen molar-refractivity contribution in [2.75, 3.05) is 5.32 Å². The molecule has 1 amide bonds. The Labute approximate surface area is 112 Å². The lowest BCUT2D eigenvalue weighted by Crippen LogP contribution is -2.13. The molecule has 0 aliphatic carbocycles. The van der Waals surface area contributed by atoms with Crippen LogP contribution in [-0.4, -0.2) is 26.0 Å². The number of anilines is 1. The number of non-ortho nitro benzene ring substituents is 1. The van der Waals surface area contributed by atoms with Crippen LogP contribution in [0.4, 0.5) is 11.6 Å². The van der Waals surface area contributed by atoms with Crippen molar-refractivity contribution in [3.05, 3.63) is 44.7 Å². The maximum Gasteiger partial charge on any atom is 0.271 e. The Morgan fingerprint density at radius 1 is 1.47 bits per heavy atom. The number of carbonyl (C=O) groups is 1. The van der Waals surface area contributed by atoms with Gasteiger partial charge in [-0.2, -0.15) is 4.98 Å². The van der Waals surface area contributed by atoms with E-state index in [1.54, 1.807) is 6.92 Å². The van der Waals surface area contributed by atoms with Crippen molar-refractivity contribution in [2.45, 2.75) is 6.92 Å². The van der Waals surface area contributed by atoms with Gasteiger partial charge in [-0.15, -0.1) is 5.10 Å². The van der Waals surface area contributed by atoms with E-state index in [1.807, 2.05) is 0 Å². The van der Waals surface area contributed by atoms with E-state index in [9.17, 15) is 14.9 Å². The van der Waals surface area contributed by atoms with Gasteiger partial charge < -0.3 is 0 Å². The van der Waals surface area contributed by atoms with Gasteiger partial charge in [0.15, 0.2) is 0 Å². The van der Waals surface area contributed by atoms with Gasteiger partial charge >= 0.3 is 0 Å². The smallest absolute Gasteiger partial charge is 0.271 e. The van der Waals surface area contributed by atoms with Crippen LogP contribution in [0.3, 0.4) is 0 Å². The van der Waals surface area contributed by atoms with Gasteiger partial charge in [0.25, 0.3) is 11.6 Å². The topological polar surface area (TPSA) is 114 Å². The Morgan fingerprint density at radius 2 is 2.21 bits per heavy atom. The molecule has 1 heterocycles. The number of amides is 1. The van der Waals surface area contributed by atoms with Crippen LogP contribution in [0.1, 0.15) is 16.2 Å². The van der Waals surface area contributed by atoms with Gasteiger partial charge in [-0.25, -0.2) is 0 Å². The second-order valence-electron chi connectivity index (χ2n) is 3.65. The van der Waals surface area contributed by atoms with Crippen molar-refractivity contribution in [3.63, 3.8) is 0 Å². The molecule has 0 aliphatic heterocycles. The summed E-state index contributed by atoms with van der Waals surface area (Å²) in [6.07, 6.45) is 0. The molecule has 19 heavy (non-hydrogen) atoms. The maximum atomic E-state index is 11.9. The first kappa shape index (κ1) is 13.0. The normalized spacial score (nSPS) is 10.2. The second-order valence-corrected chi connectivity index (χ2v) is 4.09. The van der Waals surface area contributed by atoms with Crippen LogP contribution >= 0.6 is 11.6 Å². The standard InChI is InChI=1S/C10H8ClN5O3/c1-5-12-10(15-14-5)13-9(17)6-2-7(11)4-8(3-6)16(18)19/h2-4H,1H3,(H2,12,13,14,15,17). The van der Waals surface area contributed by atoms with Crippen LogP contribution in [-0.2, 0) is 0 Å². The first-order chi connectivity index (χ1) is 8.95. The summed E-state index contributed by atoms with van der Waals surface area (Å²) in [6.45, 7) is 1.67. The summed E-state index contributed by atoms with van der Waals surface area (Å²) < 4.78 is 0. The molecule has 2 N–H and O–H groups in total. The molecular formula is C10H8ClN5O3. The highest BCUT2D eigenvalue weighted by Crippen LogP contribution is 2.21. The number of benzene rings is 1. The van der Waals surface area contributed by atoms with E-state index < -0.39 is 10.8 Å². The van der Waals surface area contributed by atoms with Crippen LogP contribution in [0.25, 0.3) is 0 Å². The molecule has 0 spiro atoms. The molecule has 9 heteroatoms. The lowest BCUT2D eigenvalue weighted by molar-refractivity contribution is -0.384. The third-order valence-corrected chi connectivity index (χ3v) is 2.40. The molecule has 0 fully saturated rings. The van der Waals surface area contributed by atoms with Gasteiger partial charge in [0.1, 0.15) is 5.82 Å². The van der Waals surface area contributed by atoms with Gasteiger partial charge in [-0.05, 0) is 13.0 Å². The number of hydrogen-bond acceptors (Lipinski definition) is 5. The first-order valence-corrected chi connectivity index (χ1v) is 5.49. The molecule has 8 nitrogen and oxygen atoms in total. The molecule has 0 saturated heterocycles. The van der Waals surface area contributed by atoms with Crippen molar-refractivity contribution in [3.8, 4) is 0 Å². The second kappa shape index (κ2) is 5.02. The third kappa shape index (κ3) is 3.05. The number of aromatic nitrogens is 3. The first-order valence-electron chi connectivity index (χ1n) is 5.11. The minimum absolute atomic E-state index is 0.0571. The molecule has 0 radical (unpaired) electrons. The quantitative estimate of drug-likeness (QED) is 0.659. The van der Waals surface area contributed by atoms with Crippen LogP contribution in [0, 0.1) is 17.0 Å². The van der Waals surface area contributed by atoms with Gasteiger partial charge in [0.2, 0.25) is 5.95 Å². The van der Waals surface area contributed by atoms with Crippen LogP contribution in [0.15, 0.2) is 18.2 Å². The summed E-state index contributed by atoms with van der Waals surface area (Å²) in [5, 5.41) is 19.5. The zero-order chi connectivity index (χ0) is 14.0. The highest BCUT2D eigenvalue weighted by atomic mass is 35.5. The Kier molecular flexibility index (Phi) is 3.43. The number of H-pyrrole nitrogens is 1. The molecule has 2 rings (SSSR count). The third-order valence-electron chi connectivity index (χ3n) is 2.18. The molecule has 0 aliphatic rings. The number of aryl methyl sites for hydroxylation is 1. The van der Waals surface area contributed by atoms with Gasteiger partial charge in [-0.1, -0.05) is 11.6 Å². The Balaban J connectivity index is 2.26. The number of aromatic amines is 1. The maximum absolute atomic E-state index is 11.9. The van der Waals surface area contributed by atoms with E-state index in [0.29, 0.717) is 5.82 Å². The summed E-state index contributed by atoms with van der Waals surface area (Å²) in [4.78, 5) is 25.8. The van der Waals surface area contributed by atoms with E-state index in [2.05, 4.69) is 20.5 Å². The van der Waals surface area contributed by atoms with E-state index in [0.717, 1.165) is 12.1 Å². The van der Waals surface area contributed by atoms with Crippen molar-refractivity contribution < 1.29 is 9.72 Å². The number of carbonyl (C=O) groups excluding carboxylic acids is 1. The predicted octanol–water partition coefficient (Wildman–Crippen LogP) is 1.93. The van der Waals surface area contributed by atoms with Crippen molar-refractivity contribution in [1.82, 2.24) is 15.2 Å². The van der Waals surface area contributed by atoms with Crippen molar-refractivity contribution >= 4 is 29.1 Å². The average molecular weight is 282 g/mol. The summed E-state index contributed by atoms with van der Waals surface area (Å²) in [7, 11) is 0. The monoisotopic (exact) mass is 281 g/mol. The summed E-state index contributed by atoms with van der Waals surface area (Å²) in [6, 6.07) is 3.61. The van der Waals surface area contributed by atoms with Gasteiger partial charge in [-0.3, -0.25) is 25.3 Å². The zero-order valence-electron chi connectivity index (χ0n) is 9.68. The van der Waals surface area contributed by atoms with Crippen molar-refractivity contribution in [1.29, 1.82) is 0 Å². The summed E-state index contributed by atoms with van der Waals surface area (Å²) >= 11 is 5.72. The fraction of sp³-hybridized carbons (Fsp3) is 0.100. The molecule has 0 unspecified atom stereocenters. The van der Waals surface area contributed by atoms with Crippen LogP contribution in [0.5, 0.6) is 0 Å². The molecule has 0 atom stereocenters. The Hall–Kier alpha value is -2.48. The fourth-order valence-corrected chi connectivity index (χ4v) is 1.61. The minimum Gasteiger partial charge on any atom is -0.289 e. The van der Waals surface area contributed by atoms with Crippen LogP contribution < -0.4 is 5.32 Å². The van der Waals surface area contributed by atoms with Crippen molar-refractivity contribution in [2.24, 2.45) is 0 Å². The van der Waals surface area contributed by atoms with E-state index >= 15 is 0 Å². The molecule has 1 aromatic carbocycles. The number of rotatable bonds is 3. The Bertz CT molecular complexity index is 654. The highest BCUT2D eigenvalue weighted by Gasteiger charge is 2.15. The molecule has 2 aromatic rings. The highest BCUT2D eigenvalue weighted by molar-refractivity contribution is 6.31. The lowest BCUT2D eigenvalue weighted by atomic mass is 10.2. The molecule has 0 saturated carbocycles. The van der Waals surface area contributed by atoms with Gasteiger partial charge in [0, 0.05) is 22.7 Å². The predicted molar refractivity (Wildman–Crippen MR) is 67.2 cm³/mol. The van der Waals surface area contributed by atoms with Crippen LogP contribution in [0.2, 0.25) is 5.02 Å². The number of nitrogens with zero attached hydrogens (tertiary/aromatic N) is 3. The molecule has 0 bridgehead atoms. The molecular weight excluding hydrogens is 274 g/mol. The van der Waals surface area contributed by atoms with E-state index in [1.165, 1.54) is 6.07 Å². The number of nitro groups is 1. The van der Waals surface area contributed by atoms with E-state index in [-0.39, 0.29) is 22.2 Å². The molecule has 1 aromatic heterocycles. The zero-order valence-corrected chi connectivity index (χ0v) is 10.4. The van der Waals surface area contributed by atoms with E-state index in [4.69, 9.17) is 11.6 Å². The Morgan fingerprint density at radius 3 is 2.79 bits per heavy atom. The fourth-order valence-electron chi connectivity index (χ4n) is 1.38. The minimum atomic E-state index is -0.625. The number of hydrogen-bond donors (Lipinski definition) is 2. The summed E-state index contributed by atoms with van der Waals surface area (Å²) in [5.74, 6) is 0.0436. The average Bonchev–Trinajstić information content (AvgIpc) is 2.73. The lowest BCUT2D eigenvalue weighted by Gasteiger charge is -2.02. The number of nitrogens with one attached hydrogen (secondary N) is 2.